The van der Waals surface area contributed by atoms with Gasteiger partial charge in [0.1, 0.15) is 0 Å². The molecule has 0 aliphatic carbocycles. The van der Waals surface area contributed by atoms with Gasteiger partial charge in [-0.25, -0.2) is 0 Å². The number of alkyl halides is 1. The first kappa shape index (κ1) is 10.9. The largest absolute Gasteiger partial charge is 0.293 e. The Kier molecular flexibility index (Phi) is 3.26. The highest BCUT2D eigenvalue weighted by atomic mass is 35.5. The summed E-state index contributed by atoms with van der Waals surface area (Å²) in [5, 5.41) is 8.04. The zero-order valence-corrected chi connectivity index (χ0v) is 9.98. The van der Waals surface area contributed by atoms with Crippen LogP contribution in [0.25, 0.3) is 0 Å². The zero-order chi connectivity index (χ0) is 10.8. The topological polar surface area (TPSA) is 34.0 Å². The van der Waals surface area contributed by atoms with E-state index in [1.54, 1.807) is 4.68 Å². The molecule has 4 nitrogen and oxygen atoms in total. The lowest BCUT2D eigenvalue weighted by Crippen LogP contribution is -2.33. The fraction of sp³-hybridized carbons (Fsp3) is 0.800. The third-order valence-electron chi connectivity index (χ3n) is 3.17. The molecule has 0 bridgehead atoms. The normalized spacial score (nSPS) is 27.4. The number of nitrogens with zero attached hydrogens (tertiary/aromatic N) is 4. The molecule has 1 aliphatic heterocycles. The van der Waals surface area contributed by atoms with Gasteiger partial charge in [0.15, 0.2) is 0 Å². The van der Waals surface area contributed by atoms with Crippen LogP contribution in [-0.2, 0) is 13.6 Å². The van der Waals surface area contributed by atoms with Gasteiger partial charge in [-0.3, -0.25) is 9.58 Å². The van der Waals surface area contributed by atoms with Gasteiger partial charge >= 0.3 is 0 Å². The molecule has 2 heterocycles. The van der Waals surface area contributed by atoms with E-state index >= 15 is 0 Å². The van der Waals surface area contributed by atoms with Crippen molar-refractivity contribution in [3.05, 3.63) is 11.9 Å². The van der Waals surface area contributed by atoms with Gasteiger partial charge in [-0.2, -0.15) is 0 Å². The number of likely N-dealkylation sites (tertiary alicyclic amines) is 1. The van der Waals surface area contributed by atoms with Crippen molar-refractivity contribution >= 4 is 11.6 Å². The van der Waals surface area contributed by atoms with E-state index in [0.29, 0.717) is 17.8 Å². The summed E-state index contributed by atoms with van der Waals surface area (Å²) in [6.07, 6.45) is 3.20. The molecular formula is C10H17ClN4. The lowest BCUT2D eigenvalue weighted by molar-refractivity contribution is 0.239. The minimum atomic E-state index is 0.494. The first-order valence-corrected chi connectivity index (χ1v) is 5.89. The highest BCUT2D eigenvalue weighted by molar-refractivity contribution is 6.18. The Balaban J connectivity index is 2.00. The molecule has 0 spiro atoms. The molecule has 1 saturated heterocycles. The summed E-state index contributed by atoms with van der Waals surface area (Å²) in [7, 11) is 1.89. The molecule has 2 unspecified atom stereocenters. The van der Waals surface area contributed by atoms with Crippen molar-refractivity contribution in [3.63, 3.8) is 0 Å². The Morgan fingerprint density at radius 1 is 1.60 bits per heavy atom. The molecule has 2 rings (SSSR count). The molecule has 1 fully saturated rings. The second-order valence-corrected chi connectivity index (χ2v) is 4.65. The SMILES string of the molecule is CC1CCN(Cc2cn(C)nn2)C1CCl. The number of rotatable bonds is 3. The minimum Gasteiger partial charge on any atom is -0.293 e. The van der Waals surface area contributed by atoms with Gasteiger partial charge < -0.3 is 0 Å². The van der Waals surface area contributed by atoms with Crippen LogP contribution in [0.5, 0.6) is 0 Å². The first-order chi connectivity index (χ1) is 7.20. The van der Waals surface area contributed by atoms with Crippen molar-refractivity contribution in [1.29, 1.82) is 0 Å². The van der Waals surface area contributed by atoms with E-state index in [-0.39, 0.29) is 0 Å². The van der Waals surface area contributed by atoms with E-state index in [1.165, 1.54) is 6.42 Å². The summed E-state index contributed by atoms with van der Waals surface area (Å²) >= 11 is 5.99. The molecule has 0 radical (unpaired) electrons. The van der Waals surface area contributed by atoms with Gasteiger partial charge in [0, 0.05) is 31.7 Å². The Morgan fingerprint density at radius 2 is 2.40 bits per heavy atom. The number of aromatic nitrogens is 3. The number of aryl methyl sites for hydroxylation is 1. The molecule has 0 amide bonds. The third kappa shape index (κ3) is 2.32. The molecule has 5 heteroatoms. The van der Waals surface area contributed by atoms with Gasteiger partial charge in [-0.15, -0.1) is 16.7 Å². The summed E-state index contributed by atoms with van der Waals surface area (Å²) in [6, 6.07) is 0.494. The average molecular weight is 229 g/mol. The lowest BCUT2D eigenvalue weighted by Gasteiger charge is -2.23. The maximum atomic E-state index is 5.99. The lowest BCUT2D eigenvalue weighted by atomic mass is 10.1. The smallest absolute Gasteiger partial charge is 0.0967 e. The van der Waals surface area contributed by atoms with Gasteiger partial charge in [0.05, 0.1) is 5.69 Å². The summed E-state index contributed by atoms with van der Waals surface area (Å²) in [5.74, 6) is 1.40. The summed E-state index contributed by atoms with van der Waals surface area (Å²) in [6.45, 7) is 4.26. The second kappa shape index (κ2) is 4.49. The summed E-state index contributed by atoms with van der Waals surface area (Å²) in [5.41, 5.74) is 1.03. The van der Waals surface area contributed by atoms with E-state index in [4.69, 9.17) is 11.6 Å². The van der Waals surface area contributed by atoms with Crippen LogP contribution < -0.4 is 0 Å². The van der Waals surface area contributed by atoms with Crippen LogP contribution in [0.1, 0.15) is 19.0 Å². The van der Waals surface area contributed by atoms with Gasteiger partial charge in [0.2, 0.25) is 0 Å². The Morgan fingerprint density at radius 3 is 3.00 bits per heavy atom. The van der Waals surface area contributed by atoms with E-state index in [9.17, 15) is 0 Å². The van der Waals surface area contributed by atoms with E-state index in [2.05, 4.69) is 22.1 Å². The maximum absolute atomic E-state index is 5.99. The van der Waals surface area contributed by atoms with Crippen molar-refractivity contribution in [1.82, 2.24) is 19.9 Å². The summed E-state index contributed by atoms with van der Waals surface area (Å²) in [4.78, 5) is 2.40. The monoisotopic (exact) mass is 228 g/mol. The molecule has 1 aromatic rings. The van der Waals surface area contributed by atoms with Crippen LogP contribution in [0.4, 0.5) is 0 Å². The Hall–Kier alpha value is -0.610. The molecule has 0 saturated carbocycles. The Bertz CT molecular complexity index is 325. The van der Waals surface area contributed by atoms with Gasteiger partial charge in [-0.05, 0) is 18.9 Å². The van der Waals surface area contributed by atoms with Crippen molar-refractivity contribution in [2.45, 2.75) is 25.9 Å². The quantitative estimate of drug-likeness (QED) is 0.731. The van der Waals surface area contributed by atoms with Crippen molar-refractivity contribution < 1.29 is 0 Å². The predicted octanol–water partition coefficient (Wildman–Crippen LogP) is 1.26. The second-order valence-electron chi connectivity index (χ2n) is 4.34. The van der Waals surface area contributed by atoms with Crippen molar-refractivity contribution in [2.24, 2.45) is 13.0 Å². The fourth-order valence-electron chi connectivity index (χ4n) is 2.21. The van der Waals surface area contributed by atoms with E-state index in [1.807, 2.05) is 13.2 Å². The molecule has 84 valence electrons. The van der Waals surface area contributed by atoms with Crippen molar-refractivity contribution in [3.8, 4) is 0 Å². The molecule has 0 N–H and O–H groups in total. The van der Waals surface area contributed by atoms with E-state index < -0.39 is 0 Å². The first-order valence-electron chi connectivity index (χ1n) is 5.36. The van der Waals surface area contributed by atoms with Crippen LogP contribution in [0.2, 0.25) is 0 Å². The highest BCUT2D eigenvalue weighted by Gasteiger charge is 2.30. The predicted molar refractivity (Wildman–Crippen MR) is 59.7 cm³/mol. The third-order valence-corrected chi connectivity index (χ3v) is 3.49. The number of hydrogen-bond acceptors (Lipinski definition) is 3. The maximum Gasteiger partial charge on any atom is 0.0967 e. The van der Waals surface area contributed by atoms with Crippen LogP contribution in [-0.4, -0.2) is 38.4 Å². The molecule has 0 aromatic carbocycles. The van der Waals surface area contributed by atoms with Crippen molar-refractivity contribution in [2.75, 3.05) is 12.4 Å². The molecule has 15 heavy (non-hydrogen) atoms. The van der Waals surface area contributed by atoms with Gasteiger partial charge in [0.25, 0.3) is 0 Å². The Labute approximate surface area is 95.2 Å². The highest BCUT2D eigenvalue weighted by Crippen LogP contribution is 2.25. The molecule has 2 atom stereocenters. The zero-order valence-electron chi connectivity index (χ0n) is 9.23. The minimum absolute atomic E-state index is 0.494. The van der Waals surface area contributed by atoms with E-state index in [0.717, 1.165) is 18.8 Å². The molecule has 1 aliphatic rings. The fourth-order valence-corrected chi connectivity index (χ4v) is 2.71. The van der Waals surface area contributed by atoms with Crippen LogP contribution in [0.3, 0.4) is 0 Å². The number of hydrogen-bond donors (Lipinski definition) is 0. The van der Waals surface area contributed by atoms with Gasteiger partial charge in [-0.1, -0.05) is 12.1 Å². The molecular weight excluding hydrogens is 212 g/mol. The number of halogens is 1. The standard InChI is InChI=1S/C10H17ClN4/c1-8-3-4-15(10(8)5-11)7-9-6-14(2)13-12-9/h6,8,10H,3-5,7H2,1-2H3. The molecule has 1 aromatic heterocycles. The summed E-state index contributed by atoms with van der Waals surface area (Å²) < 4.78 is 1.74. The van der Waals surface area contributed by atoms with Crippen LogP contribution in [0.15, 0.2) is 6.20 Å². The average Bonchev–Trinajstić information content (AvgIpc) is 2.75. The van der Waals surface area contributed by atoms with Crippen LogP contribution >= 0.6 is 11.6 Å². The van der Waals surface area contributed by atoms with Crippen LogP contribution in [0, 0.1) is 5.92 Å².